The number of amides is 1. The van der Waals surface area contributed by atoms with Crippen molar-refractivity contribution in [1.29, 1.82) is 0 Å². The van der Waals surface area contributed by atoms with Gasteiger partial charge in [0.2, 0.25) is 5.88 Å². The van der Waals surface area contributed by atoms with Gasteiger partial charge in [0.05, 0.1) is 16.4 Å². The molecule has 0 fully saturated rings. The Balaban J connectivity index is 1.51. The van der Waals surface area contributed by atoms with Gasteiger partial charge in [-0.1, -0.05) is 47.5 Å². The number of para-hydroxylation sites is 1. The summed E-state index contributed by atoms with van der Waals surface area (Å²) < 4.78 is 47.4. The van der Waals surface area contributed by atoms with Crippen LogP contribution in [0.2, 0.25) is 10.0 Å². The number of aryl methyl sites for hydroxylation is 1. The smallest absolute Gasteiger partial charge is 0.435 e. The molecule has 7 nitrogen and oxygen atoms in total. The SMILES string of the molecule is Cn1nc(-c2ccc(Cl)cc2)cc1NC(=O)COc1cc(C(F)(F)F)nn1-c1ccccc1Cl. The van der Waals surface area contributed by atoms with E-state index in [0.29, 0.717) is 22.6 Å². The second-order valence-corrected chi connectivity index (χ2v) is 7.95. The van der Waals surface area contributed by atoms with Crippen LogP contribution in [0.15, 0.2) is 60.7 Å². The van der Waals surface area contributed by atoms with Crippen molar-refractivity contribution in [3.8, 4) is 22.8 Å². The maximum Gasteiger partial charge on any atom is 0.435 e. The lowest BCUT2D eigenvalue weighted by Gasteiger charge is -2.10. The first-order valence-corrected chi connectivity index (χ1v) is 10.5. The molecule has 2 aromatic carbocycles. The molecule has 176 valence electrons. The number of aromatic nitrogens is 4. The minimum Gasteiger partial charge on any atom is -0.467 e. The molecule has 0 aliphatic heterocycles. The molecule has 2 heterocycles. The van der Waals surface area contributed by atoms with Gasteiger partial charge in [0, 0.05) is 29.8 Å². The topological polar surface area (TPSA) is 74.0 Å². The molecule has 4 rings (SSSR count). The molecule has 0 saturated carbocycles. The molecular formula is C22H16Cl2F3N5O2. The Labute approximate surface area is 201 Å². The highest BCUT2D eigenvalue weighted by Gasteiger charge is 2.36. The van der Waals surface area contributed by atoms with Crippen molar-refractivity contribution < 1.29 is 22.7 Å². The van der Waals surface area contributed by atoms with E-state index >= 15 is 0 Å². The number of nitrogens with one attached hydrogen (secondary N) is 1. The number of hydrogen-bond donors (Lipinski definition) is 1. The maximum atomic E-state index is 13.2. The molecule has 1 N–H and O–H groups in total. The van der Waals surface area contributed by atoms with Crippen molar-refractivity contribution in [3.05, 3.63) is 76.4 Å². The van der Waals surface area contributed by atoms with Gasteiger partial charge < -0.3 is 10.1 Å². The van der Waals surface area contributed by atoms with Gasteiger partial charge in [-0.15, -0.1) is 0 Å². The molecular weight excluding hydrogens is 494 g/mol. The van der Waals surface area contributed by atoms with Crippen LogP contribution >= 0.6 is 23.2 Å². The standard InChI is InChI=1S/C22H16Cl2F3N5O2/c1-31-19(10-16(29-31)13-6-8-14(23)9-7-13)28-20(33)12-34-21-11-18(22(25,26)27)30-32(21)17-5-3-2-4-15(17)24/h2-11H,12H2,1H3,(H,28,33). The lowest BCUT2D eigenvalue weighted by Crippen LogP contribution is -2.22. The van der Waals surface area contributed by atoms with E-state index in [9.17, 15) is 18.0 Å². The Morgan fingerprint density at radius 3 is 2.44 bits per heavy atom. The molecule has 34 heavy (non-hydrogen) atoms. The van der Waals surface area contributed by atoms with Crippen LogP contribution in [-0.2, 0) is 18.0 Å². The largest absolute Gasteiger partial charge is 0.467 e. The summed E-state index contributed by atoms with van der Waals surface area (Å²) in [7, 11) is 1.64. The van der Waals surface area contributed by atoms with Crippen molar-refractivity contribution in [2.75, 3.05) is 11.9 Å². The Kier molecular flexibility index (Phi) is 6.54. The summed E-state index contributed by atoms with van der Waals surface area (Å²) in [4.78, 5) is 12.5. The highest BCUT2D eigenvalue weighted by molar-refractivity contribution is 6.32. The van der Waals surface area contributed by atoms with Crippen LogP contribution in [0.3, 0.4) is 0 Å². The van der Waals surface area contributed by atoms with Crippen LogP contribution in [0.1, 0.15) is 5.69 Å². The zero-order chi connectivity index (χ0) is 24.5. The first kappa shape index (κ1) is 23.7. The van der Waals surface area contributed by atoms with Crippen LogP contribution < -0.4 is 10.1 Å². The predicted octanol–water partition coefficient (Wildman–Crippen LogP) is 5.62. The van der Waals surface area contributed by atoms with Gasteiger partial charge >= 0.3 is 6.18 Å². The molecule has 0 bridgehead atoms. The third-order valence-electron chi connectivity index (χ3n) is 4.69. The van der Waals surface area contributed by atoms with E-state index in [1.54, 1.807) is 49.5 Å². The molecule has 0 aliphatic rings. The molecule has 4 aromatic rings. The molecule has 0 spiro atoms. The first-order valence-electron chi connectivity index (χ1n) is 9.76. The molecule has 1 amide bonds. The molecule has 0 atom stereocenters. The summed E-state index contributed by atoms with van der Waals surface area (Å²) in [6.45, 7) is -0.575. The number of hydrogen-bond acceptors (Lipinski definition) is 4. The minimum absolute atomic E-state index is 0.165. The quantitative estimate of drug-likeness (QED) is 0.366. The van der Waals surface area contributed by atoms with Crippen molar-refractivity contribution in [3.63, 3.8) is 0 Å². The van der Waals surface area contributed by atoms with Crippen LogP contribution in [0, 0.1) is 0 Å². The molecule has 0 aliphatic carbocycles. The van der Waals surface area contributed by atoms with Gasteiger partial charge in [-0.05, 0) is 24.3 Å². The summed E-state index contributed by atoms with van der Waals surface area (Å²) in [5.74, 6) is -0.525. The Hall–Kier alpha value is -3.50. The number of benzene rings is 2. The van der Waals surface area contributed by atoms with Crippen molar-refractivity contribution in [1.82, 2.24) is 19.6 Å². The number of carbonyl (C=O) groups excluding carboxylic acids is 1. The van der Waals surface area contributed by atoms with E-state index in [1.165, 1.54) is 16.8 Å². The lowest BCUT2D eigenvalue weighted by molar-refractivity contribution is -0.141. The van der Waals surface area contributed by atoms with E-state index in [-0.39, 0.29) is 16.6 Å². The Morgan fingerprint density at radius 2 is 1.76 bits per heavy atom. The van der Waals surface area contributed by atoms with Gasteiger partial charge in [-0.25, -0.2) is 0 Å². The van der Waals surface area contributed by atoms with E-state index in [2.05, 4.69) is 15.5 Å². The summed E-state index contributed by atoms with van der Waals surface area (Å²) >= 11 is 12.0. The fourth-order valence-electron chi connectivity index (χ4n) is 3.07. The van der Waals surface area contributed by atoms with Crippen molar-refractivity contribution in [2.45, 2.75) is 6.18 Å². The number of alkyl halides is 3. The summed E-state index contributed by atoms with van der Waals surface area (Å²) in [5, 5.41) is 11.3. The van der Waals surface area contributed by atoms with Crippen LogP contribution in [-0.4, -0.2) is 32.1 Å². The Bertz CT molecular complexity index is 1330. The number of carbonyl (C=O) groups is 1. The molecule has 0 unspecified atom stereocenters. The normalized spacial score (nSPS) is 11.5. The second kappa shape index (κ2) is 9.40. The molecule has 12 heteroatoms. The predicted molar refractivity (Wildman–Crippen MR) is 121 cm³/mol. The van der Waals surface area contributed by atoms with Crippen LogP contribution in [0.5, 0.6) is 5.88 Å². The first-order chi connectivity index (χ1) is 16.1. The van der Waals surface area contributed by atoms with Gasteiger partial charge in [-0.3, -0.25) is 9.48 Å². The summed E-state index contributed by atoms with van der Waals surface area (Å²) in [6.07, 6.45) is -4.71. The highest BCUT2D eigenvalue weighted by Crippen LogP contribution is 2.33. The maximum absolute atomic E-state index is 13.2. The van der Waals surface area contributed by atoms with E-state index < -0.39 is 24.4 Å². The number of rotatable bonds is 6. The second-order valence-electron chi connectivity index (χ2n) is 7.11. The third-order valence-corrected chi connectivity index (χ3v) is 5.26. The number of halogens is 5. The Morgan fingerprint density at radius 1 is 1.06 bits per heavy atom. The average molecular weight is 510 g/mol. The molecule has 0 saturated heterocycles. The van der Waals surface area contributed by atoms with E-state index in [0.717, 1.165) is 10.2 Å². The number of ether oxygens (including phenoxy) is 1. The van der Waals surface area contributed by atoms with Crippen LogP contribution in [0.4, 0.5) is 19.0 Å². The monoisotopic (exact) mass is 509 g/mol. The van der Waals surface area contributed by atoms with Gasteiger partial charge in [0.1, 0.15) is 5.82 Å². The zero-order valence-corrected chi connectivity index (χ0v) is 19.0. The fraction of sp³-hybridized carbons (Fsp3) is 0.136. The number of anilines is 1. The minimum atomic E-state index is -4.71. The van der Waals surface area contributed by atoms with Gasteiger partial charge in [0.15, 0.2) is 12.3 Å². The van der Waals surface area contributed by atoms with Crippen molar-refractivity contribution >= 4 is 34.9 Å². The van der Waals surface area contributed by atoms with Gasteiger partial charge in [0.25, 0.3) is 5.91 Å². The molecule has 2 aromatic heterocycles. The molecule has 0 radical (unpaired) electrons. The number of nitrogens with zero attached hydrogens (tertiary/aromatic N) is 4. The lowest BCUT2D eigenvalue weighted by atomic mass is 10.1. The summed E-state index contributed by atoms with van der Waals surface area (Å²) in [6, 6.07) is 15.6. The average Bonchev–Trinajstić information content (AvgIpc) is 3.37. The summed E-state index contributed by atoms with van der Waals surface area (Å²) in [5.41, 5.74) is 0.387. The van der Waals surface area contributed by atoms with Crippen LogP contribution in [0.25, 0.3) is 16.9 Å². The van der Waals surface area contributed by atoms with E-state index in [4.69, 9.17) is 27.9 Å². The zero-order valence-electron chi connectivity index (χ0n) is 17.5. The third kappa shape index (κ3) is 5.18. The van der Waals surface area contributed by atoms with Gasteiger partial charge in [-0.2, -0.15) is 28.1 Å². The van der Waals surface area contributed by atoms with Crippen molar-refractivity contribution in [2.24, 2.45) is 7.05 Å². The highest BCUT2D eigenvalue weighted by atomic mass is 35.5. The fourth-order valence-corrected chi connectivity index (χ4v) is 3.41. The van der Waals surface area contributed by atoms with E-state index in [1.807, 2.05) is 0 Å².